The normalized spacial score (nSPS) is 21.4. The van der Waals surface area contributed by atoms with Crippen molar-refractivity contribution in [1.29, 1.82) is 4.78 Å². The van der Waals surface area contributed by atoms with E-state index in [9.17, 15) is 26.6 Å². The Kier molecular flexibility index (Phi) is 6.22. The third kappa shape index (κ3) is 4.42. The van der Waals surface area contributed by atoms with Crippen LogP contribution in [0.25, 0.3) is 11.8 Å². The SMILES string of the molecule is N=[S@](=O)(c1cnn2c1CCC2)N1CCC2=Cc3c(cnn3-c3ccc(F)cc3)C[C@]2(C(=O)c2cc(C(F)(F)F)ccn2)C1. The van der Waals surface area contributed by atoms with Crippen LogP contribution in [0.15, 0.2) is 65.5 Å². The molecule has 0 spiro atoms. The van der Waals surface area contributed by atoms with Crippen molar-refractivity contribution in [1.82, 2.24) is 28.9 Å². The van der Waals surface area contributed by atoms with Gasteiger partial charge in [0.25, 0.3) is 0 Å². The van der Waals surface area contributed by atoms with Crippen LogP contribution < -0.4 is 0 Å². The van der Waals surface area contributed by atoms with Gasteiger partial charge in [-0.05, 0) is 73.7 Å². The van der Waals surface area contributed by atoms with E-state index in [1.807, 2.05) is 0 Å². The lowest BCUT2D eigenvalue weighted by Gasteiger charge is -2.45. The summed E-state index contributed by atoms with van der Waals surface area (Å²) in [5, 5.41) is 8.77. The minimum Gasteiger partial charge on any atom is -0.291 e. The first kappa shape index (κ1) is 27.7. The molecule has 4 aromatic rings. The third-order valence-corrected chi connectivity index (χ3v) is 10.5. The van der Waals surface area contributed by atoms with Crippen LogP contribution in [0, 0.1) is 16.0 Å². The van der Waals surface area contributed by atoms with Crippen molar-refractivity contribution >= 4 is 21.8 Å². The first-order chi connectivity index (χ1) is 20.5. The van der Waals surface area contributed by atoms with Crippen molar-refractivity contribution < 1.29 is 26.6 Å². The molecule has 0 saturated carbocycles. The molecule has 9 nitrogen and oxygen atoms in total. The highest BCUT2D eigenvalue weighted by Crippen LogP contribution is 2.47. The number of carbonyl (C=O) groups excluding carboxylic acids is 1. The van der Waals surface area contributed by atoms with Crippen LogP contribution in [0.4, 0.5) is 17.6 Å². The number of Topliss-reactive ketones (excluding diaryl/α,β-unsaturated/α-hetero) is 1. The smallest absolute Gasteiger partial charge is 0.291 e. The number of carbonyl (C=O) groups is 1. The van der Waals surface area contributed by atoms with E-state index in [0.717, 1.165) is 30.4 Å². The largest absolute Gasteiger partial charge is 0.416 e. The Morgan fingerprint density at radius 1 is 1.05 bits per heavy atom. The summed E-state index contributed by atoms with van der Waals surface area (Å²) in [6, 6.07) is 7.31. The Labute approximate surface area is 243 Å². The number of nitrogens with one attached hydrogen (secondary N) is 1. The van der Waals surface area contributed by atoms with Gasteiger partial charge in [0.1, 0.15) is 26.3 Å². The fraction of sp³-hybridized carbons (Fsp3) is 0.310. The van der Waals surface area contributed by atoms with Crippen LogP contribution in [-0.4, -0.2) is 51.9 Å². The number of pyridine rings is 1. The second-order valence-electron chi connectivity index (χ2n) is 11.0. The summed E-state index contributed by atoms with van der Waals surface area (Å²) in [7, 11) is -3.59. The molecule has 3 aromatic heterocycles. The van der Waals surface area contributed by atoms with Gasteiger partial charge in [0.2, 0.25) is 0 Å². The second-order valence-corrected chi connectivity index (χ2v) is 13.1. The zero-order chi connectivity index (χ0) is 30.1. The van der Waals surface area contributed by atoms with Gasteiger partial charge in [-0.3, -0.25) is 14.5 Å². The molecule has 14 heteroatoms. The molecule has 0 radical (unpaired) electrons. The molecule has 1 fully saturated rings. The third-order valence-electron chi connectivity index (χ3n) is 8.56. The highest BCUT2D eigenvalue weighted by molar-refractivity contribution is 7.90. The van der Waals surface area contributed by atoms with Gasteiger partial charge in [-0.15, -0.1) is 0 Å². The van der Waals surface area contributed by atoms with Crippen LogP contribution in [0.1, 0.15) is 45.8 Å². The Bertz CT molecular complexity index is 1910. The number of hydrogen-bond donors (Lipinski definition) is 1. The number of fused-ring (bicyclic) bond motifs is 3. The maximum absolute atomic E-state index is 14.4. The molecule has 7 rings (SSSR count). The van der Waals surface area contributed by atoms with Gasteiger partial charge in [-0.2, -0.15) is 23.4 Å². The number of ketones is 1. The fourth-order valence-corrected chi connectivity index (χ4v) is 8.15. The first-order valence-corrected chi connectivity index (χ1v) is 15.2. The van der Waals surface area contributed by atoms with E-state index in [1.54, 1.807) is 33.8 Å². The summed E-state index contributed by atoms with van der Waals surface area (Å²) in [6.45, 7) is 0.690. The highest BCUT2D eigenvalue weighted by Gasteiger charge is 2.51. The molecule has 1 N–H and O–H groups in total. The lowest BCUT2D eigenvalue weighted by atomic mass is 9.65. The Morgan fingerprint density at radius 2 is 1.84 bits per heavy atom. The van der Waals surface area contributed by atoms with Crippen molar-refractivity contribution in [3.63, 3.8) is 0 Å². The number of halogens is 4. The average molecular weight is 612 g/mol. The molecule has 1 aliphatic carbocycles. The number of rotatable bonds is 5. The topological polar surface area (TPSA) is 110 Å². The fourth-order valence-electron chi connectivity index (χ4n) is 6.40. The van der Waals surface area contributed by atoms with Gasteiger partial charge >= 0.3 is 6.18 Å². The summed E-state index contributed by atoms with van der Waals surface area (Å²) in [4.78, 5) is 18.7. The van der Waals surface area contributed by atoms with E-state index in [2.05, 4.69) is 15.2 Å². The van der Waals surface area contributed by atoms with Crippen LogP contribution in [0.5, 0.6) is 0 Å². The van der Waals surface area contributed by atoms with Gasteiger partial charge in [-0.1, -0.05) is 5.57 Å². The number of nitrogens with zero attached hydrogens (tertiary/aromatic N) is 6. The van der Waals surface area contributed by atoms with E-state index >= 15 is 0 Å². The lowest BCUT2D eigenvalue weighted by Crippen LogP contribution is -2.53. The van der Waals surface area contributed by atoms with Crippen molar-refractivity contribution in [3.8, 4) is 5.69 Å². The molecule has 1 saturated heterocycles. The second kappa shape index (κ2) is 9.67. The van der Waals surface area contributed by atoms with Crippen molar-refractivity contribution in [2.75, 3.05) is 13.1 Å². The van der Waals surface area contributed by atoms with E-state index in [0.29, 0.717) is 40.4 Å². The van der Waals surface area contributed by atoms with Gasteiger partial charge in [0.15, 0.2) is 5.78 Å². The van der Waals surface area contributed by atoms with Gasteiger partial charge in [0, 0.05) is 25.8 Å². The number of aromatic nitrogens is 5. The molecular formula is C29H25F4N7O2S. The van der Waals surface area contributed by atoms with Gasteiger partial charge < -0.3 is 0 Å². The van der Waals surface area contributed by atoms with Gasteiger partial charge in [0.05, 0.1) is 40.4 Å². The maximum Gasteiger partial charge on any atom is 0.416 e. The molecular weight excluding hydrogens is 586 g/mol. The minimum absolute atomic E-state index is 0.0459. The standard InChI is InChI=1S/C29H25F4N7O2S/c30-21-3-5-22(6-4-21)40-25-13-19-8-11-38(43(34,42)26-16-36-39-10-1-2-24(26)39)17-28(19,14-18(25)15-37-40)27(41)23-12-20(7-9-35-23)29(31,32)33/h3-7,9,12-13,15-16,34H,1-2,8,10-11,14,17H2/t28-,43+/m0/s1. The molecule has 43 heavy (non-hydrogen) atoms. The van der Waals surface area contributed by atoms with E-state index in [1.165, 1.54) is 22.6 Å². The number of hydrogen-bond acceptors (Lipinski definition) is 6. The van der Waals surface area contributed by atoms with E-state index in [-0.39, 0.29) is 31.6 Å². The van der Waals surface area contributed by atoms with Crippen molar-refractivity contribution in [3.05, 3.63) is 94.6 Å². The summed E-state index contributed by atoms with van der Waals surface area (Å²) in [5.74, 6) is -1.05. The molecule has 0 bridgehead atoms. The Morgan fingerprint density at radius 3 is 2.60 bits per heavy atom. The summed E-state index contributed by atoms with van der Waals surface area (Å²) >= 11 is 0. The average Bonchev–Trinajstić information content (AvgIpc) is 3.71. The van der Waals surface area contributed by atoms with Crippen LogP contribution in [0.2, 0.25) is 0 Å². The lowest BCUT2D eigenvalue weighted by molar-refractivity contribution is -0.137. The Hall–Kier alpha value is -4.17. The number of benzene rings is 1. The molecule has 0 amide bonds. The molecule has 0 unspecified atom stereocenters. The summed E-state index contributed by atoms with van der Waals surface area (Å²) < 4.78 is 82.5. The van der Waals surface area contributed by atoms with Crippen LogP contribution in [0.3, 0.4) is 0 Å². The van der Waals surface area contributed by atoms with E-state index in [4.69, 9.17) is 4.78 Å². The zero-order valence-electron chi connectivity index (χ0n) is 22.6. The quantitative estimate of drug-likeness (QED) is 0.249. The molecule has 5 heterocycles. The monoisotopic (exact) mass is 611 g/mol. The first-order valence-electron chi connectivity index (χ1n) is 13.7. The molecule has 1 aromatic carbocycles. The Balaban J connectivity index is 1.34. The zero-order valence-corrected chi connectivity index (χ0v) is 23.5. The van der Waals surface area contributed by atoms with Gasteiger partial charge in [-0.25, -0.2) is 22.4 Å². The number of piperidine rings is 1. The molecule has 2 atom stereocenters. The summed E-state index contributed by atoms with van der Waals surface area (Å²) in [5.41, 5.74) is 0.446. The maximum atomic E-state index is 14.4. The predicted octanol–water partition coefficient (Wildman–Crippen LogP) is 5.10. The van der Waals surface area contributed by atoms with E-state index < -0.39 is 38.7 Å². The molecule has 2 aliphatic heterocycles. The van der Waals surface area contributed by atoms with Crippen molar-refractivity contribution in [2.45, 2.75) is 43.3 Å². The highest BCUT2D eigenvalue weighted by atomic mass is 32.2. The van der Waals surface area contributed by atoms with Crippen LogP contribution in [-0.2, 0) is 35.5 Å². The number of alkyl halides is 3. The molecule has 222 valence electrons. The minimum atomic E-state index is -4.68. The molecule has 3 aliphatic rings. The predicted molar refractivity (Wildman–Crippen MR) is 147 cm³/mol. The summed E-state index contributed by atoms with van der Waals surface area (Å²) in [6.07, 6.45) is 2.83. The van der Waals surface area contributed by atoms with Crippen molar-refractivity contribution in [2.24, 2.45) is 5.41 Å². The number of aryl methyl sites for hydroxylation is 1. The van der Waals surface area contributed by atoms with Crippen LogP contribution >= 0.6 is 0 Å².